The molecule has 0 aliphatic heterocycles. The minimum absolute atomic E-state index is 0.00280. The van der Waals surface area contributed by atoms with Gasteiger partial charge in [-0.05, 0) is 32.0 Å². The summed E-state index contributed by atoms with van der Waals surface area (Å²) in [5.41, 5.74) is 1.85. The van der Waals surface area contributed by atoms with Crippen molar-refractivity contribution in [2.45, 2.75) is 20.5 Å². The van der Waals surface area contributed by atoms with Crippen LogP contribution in [0, 0.1) is 13.8 Å². The fourth-order valence-corrected chi connectivity index (χ4v) is 2.02. The van der Waals surface area contributed by atoms with E-state index in [0.29, 0.717) is 28.6 Å². The number of para-hydroxylation sites is 2. The number of aryl methyl sites for hydroxylation is 2. The predicted octanol–water partition coefficient (Wildman–Crippen LogP) is 3.39. The molecule has 2 heterocycles. The van der Waals surface area contributed by atoms with Crippen LogP contribution >= 0.6 is 0 Å². The van der Waals surface area contributed by atoms with Crippen LogP contribution in [0.3, 0.4) is 0 Å². The largest absolute Gasteiger partial charge is 0.466 e. The average molecular weight is 271 g/mol. The van der Waals surface area contributed by atoms with Crippen molar-refractivity contribution in [2.75, 3.05) is 0 Å². The summed E-state index contributed by atoms with van der Waals surface area (Å²) in [5, 5.41) is 0. The van der Waals surface area contributed by atoms with Gasteiger partial charge in [0.2, 0.25) is 5.89 Å². The zero-order valence-corrected chi connectivity index (χ0v) is 11.2. The van der Waals surface area contributed by atoms with Gasteiger partial charge in [0.25, 0.3) is 0 Å². The van der Waals surface area contributed by atoms with Crippen LogP contribution in [0.15, 0.2) is 39.2 Å². The maximum atomic E-state index is 11.9. The Morgan fingerprint density at radius 2 is 2.05 bits per heavy atom. The van der Waals surface area contributed by atoms with Gasteiger partial charge in [-0.1, -0.05) is 12.1 Å². The summed E-state index contributed by atoms with van der Waals surface area (Å²) in [5.74, 6) is 1.15. The Bertz CT molecular complexity index is 736. The van der Waals surface area contributed by atoms with Gasteiger partial charge < -0.3 is 13.6 Å². The average Bonchev–Trinajstić information content (AvgIpc) is 2.98. The third kappa shape index (κ3) is 2.30. The van der Waals surface area contributed by atoms with Crippen molar-refractivity contribution in [3.63, 3.8) is 0 Å². The van der Waals surface area contributed by atoms with E-state index < -0.39 is 5.97 Å². The highest BCUT2D eigenvalue weighted by Gasteiger charge is 2.16. The Labute approximate surface area is 115 Å². The van der Waals surface area contributed by atoms with E-state index in [9.17, 15) is 4.79 Å². The van der Waals surface area contributed by atoms with Gasteiger partial charge in [-0.25, -0.2) is 9.78 Å². The van der Waals surface area contributed by atoms with Crippen LogP contribution in [0.2, 0.25) is 0 Å². The molecule has 102 valence electrons. The van der Waals surface area contributed by atoms with E-state index in [1.54, 1.807) is 19.9 Å². The molecule has 0 atom stereocenters. The predicted molar refractivity (Wildman–Crippen MR) is 71.3 cm³/mol. The summed E-state index contributed by atoms with van der Waals surface area (Å²) in [4.78, 5) is 16.2. The zero-order valence-electron chi connectivity index (χ0n) is 11.2. The lowest BCUT2D eigenvalue weighted by Crippen LogP contribution is -2.05. The number of carbonyl (C=O) groups excluding carboxylic acids is 1. The van der Waals surface area contributed by atoms with Gasteiger partial charge >= 0.3 is 5.97 Å². The molecular weight excluding hydrogens is 258 g/mol. The van der Waals surface area contributed by atoms with Crippen molar-refractivity contribution < 1.29 is 18.4 Å². The minimum atomic E-state index is -0.443. The van der Waals surface area contributed by atoms with Gasteiger partial charge in [0.15, 0.2) is 12.2 Å². The fraction of sp³-hybridized carbons (Fsp3) is 0.200. The highest BCUT2D eigenvalue weighted by molar-refractivity contribution is 5.90. The van der Waals surface area contributed by atoms with Crippen LogP contribution in [0.25, 0.3) is 11.1 Å². The molecule has 0 radical (unpaired) electrons. The SMILES string of the molecule is Cc1cc(C(=O)OCc2nc3ccccc3o2)c(C)o1. The lowest BCUT2D eigenvalue weighted by atomic mass is 10.2. The molecule has 5 heteroatoms. The second kappa shape index (κ2) is 4.85. The molecule has 0 saturated heterocycles. The summed E-state index contributed by atoms with van der Waals surface area (Å²) in [6, 6.07) is 9.05. The normalized spacial score (nSPS) is 10.9. The highest BCUT2D eigenvalue weighted by atomic mass is 16.5. The van der Waals surface area contributed by atoms with E-state index in [-0.39, 0.29) is 6.61 Å². The van der Waals surface area contributed by atoms with Crippen LogP contribution < -0.4 is 0 Å². The highest BCUT2D eigenvalue weighted by Crippen LogP contribution is 2.18. The number of carbonyl (C=O) groups is 1. The number of nitrogens with zero attached hydrogens (tertiary/aromatic N) is 1. The monoisotopic (exact) mass is 271 g/mol. The molecule has 3 aromatic rings. The van der Waals surface area contributed by atoms with E-state index in [2.05, 4.69) is 4.98 Å². The second-order valence-electron chi connectivity index (χ2n) is 4.48. The number of oxazole rings is 1. The van der Waals surface area contributed by atoms with Crippen LogP contribution in [0.1, 0.15) is 27.8 Å². The third-order valence-corrected chi connectivity index (χ3v) is 2.93. The summed E-state index contributed by atoms with van der Waals surface area (Å²) < 4.78 is 16.0. The van der Waals surface area contributed by atoms with E-state index in [1.165, 1.54) is 0 Å². The van der Waals surface area contributed by atoms with Crippen LogP contribution in [0.5, 0.6) is 0 Å². The molecule has 0 unspecified atom stereocenters. The number of rotatable bonds is 3. The summed E-state index contributed by atoms with van der Waals surface area (Å²) in [7, 11) is 0. The summed E-state index contributed by atoms with van der Waals surface area (Å²) in [6.07, 6.45) is 0. The van der Waals surface area contributed by atoms with Crippen molar-refractivity contribution in [2.24, 2.45) is 0 Å². The lowest BCUT2D eigenvalue weighted by Gasteiger charge is -2.00. The van der Waals surface area contributed by atoms with Crippen molar-refractivity contribution >= 4 is 17.1 Å². The Balaban J connectivity index is 1.73. The second-order valence-corrected chi connectivity index (χ2v) is 4.48. The Morgan fingerprint density at radius 1 is 1.25 bits per heavy atom. The van der Waals surface area contributed by atoms with Gasteiger partial charge in [0.1, 0.15) is 22.6 Å². The molecule has 2 aromatic heterocycles. The van der Waals surface area contributed by atoms with Gasteiger partial charge in [-0.2, -0.15) is 0 Å². The fourth-order valence-electron chi connectivity index (χ4n) is 2.02. The molecule has 0 saturated carbocycles. The number of esters is 1. The standard InChI is InChI=1S/C15H13NO4/c1-9-7-11(10(2)19-9)15(17)18-8-14-16-12-5-3-4-6-13(12)20-14/h3-7H,8H2,1-2H3. The first-order chi connectivity index (χ1) is 9.63. The van der Waals surface area contributed by atoms with Crippen molar-refractivity contribution in [3.8, 4) is 0 Å². The number of benzene rings is 1. The molecule has 0 N–H and O–H groups in total. The van der Waals surface area contributed by atoms with Gasteiger partial charge in [0.05, 0.1) is 0 Å². The molecule has 0 spiro atoms. The third-order valence-electron chi connectivity index (χ3n) is 2.93. The Morgan fingerprint density at radius 3 is 2.75 bits per heavy atom. The molecule has 3 rings (SSSR count). The molecule has 0 amide bonds. The first-order valence-corrected chi connectivity index (χ1v) is 6.22. The molecule has 1 aromatic carbocycles. The first-order valence-electron chi connectivity index (χ1n) is 6.22. The van der Waals surface area contributed by atoms with E-state index in [0.717, 1.165) is 5.52 Å². The van der Waals surface area contributed by atoms with Gasteiger partial charge in [-0.3, -0.25) is 0 Å². The first kappa shape index (κ1) is 12.5. The van der Waals surface area contributed by atoms with E-state index in [1.807, 2.05) is 24.3 Å². The van der Waals surface area contributed by atoms with Crippen LogP contribution in [-0.2, 0) is 11.3 Å². The zero-order chi connectivity index (χ0) is 14.1. The van der Waals surface area contributed by atoms with E-state index >= 15 is 0 Å². The quantitative estimate of drug-likeness (QED) is 0.683. The van der Waals surface area contributed by atoms with Crippen molar-refractivity contribution in [1.29, 1.82) is 0 Å². The molecule has 20 heavy (non-hydrogen) atoms. The molecule has 0 aliphatic rings. The number of ether oxygens (including phenoxy) is 1. The molecule has 0 aliphatic carbocycles. The maximum absolute atomic E-state index is 11.9. The van der Waals surface area contributed by atoms with Gasteiger partial charge in [-0.15, -0.1) is 0 Å². The number of aromatic nitrogens is 1. The minimum Gasteiger partial charge on any atom is -0.466 e. The van der Waals surface area contributed by atoms with Crippen molar-refractivity contribution in [3.05, 3.63) is 53.3 Å². The molecule has 5 nitrogen and oxygen atoms in total. The van der Waals surface area contributed by atoms with Crippen LogP contribution in [0.4, 0.5) is 0 Å². The maximum Gasteiger partial charge on any atom is 0.342 e. The summed E-state index contributed by atoms with van der Waals surface area (Å²) in [6.45, 7) is 3.50. The van der Waals surface area contributed by atoms with E-state index in [4.69, 9.17) is 13.6 Å². The molecular formula is C15H13NO4. The topological polar surface area (TPSA) is 65.5 Å². The molecule has 0 fully saturated rings. The van der Waals surface area contributed by atoms with Crippen LogP contribution in [-0.4, -0.2) is 11.0 Å². The number of hydrogen-bond donors (Lipinski definition) is 0. The number of hydrogen-bond acceptors (Lipinski definition) is 5. The van der Waals surface area contributed by atoms with Crippen molar-refractivity contribution in [1.82, 2.24) is 4.98 Å². The molecule has 0 bridgehead atoms. The number of furan rings is 1. The lowest BCUT2D eigenvalue weighted by molar-refractivity contribution is 0.0438. The smallest absolute Gasteiger partial charge is 0.342 e. The number of fused-ring (bicyclic) bond motifs is 1. The Hall–Kier alpha value is -2.56. The Kier molecular flexibility index (Phi) is 3.02. The van der Waals surface area contributed by atoms with Gasteiger partial charge in [0, 0.05) is 0 Å². The summed E-state index contributed by atoms with van der Waals surface area (Å²) >= 11 is 0.